The second-order valence-corrected chi connectivity index (χ2v) is 10.3. The number of benzene rings is 3. The fourth-order valence-corrected chi connectivity index (χ4v) is 4.96. The Balaban J connectivity index is 1.59. The van der Waals surface area contributed by atoms with Crippen LogP contribution >= 0.6 is 0 Å². The molecule has 43 heavy (non-hydrogen) atoms. The van der Waals surface area contributed by atoms with E-state index in [-0.39, 0.29) is 31.3 Å². The van der Waals surface area contributed by atoms with E-state index in [0.717, 1.165) is 22.8 Å². The normalized spacial score (nSPS) is 21.5. The summed E-state index contributed by atoms with van der Waals surface area (Å²) in [6.45, 7) is 6.55. The van der Waals surface area contributed by atoms with Crippen LogP contribution in [0.3, 0.4) is 0 Å². The van der Waals surface area contributed by atoms with Crippen molar-refractivity contribution in [2.24, 2.45) is 10.9 Å². The summed E-state index contributed by atoms with van der Waals surface area (Å²) in [6, 6.07) is 29.3. The van der Waals surface area contributed by atoms with Crippen LogP contribution in [0, 0.1) is 5.92 Å². The molecule has 4 atom stereocenters. The number of aliphatic imine (C=N–C) groups is 1. The molecule has 1 saturated heterocycles. The first-order valence-corrected chi connectivity index (χ1v) is 14.3. The fourth-order valence-electron chi connectivity index (χ4n) is 4.96. The molecular formula is C35H38F3NO4. The zero-order chi connectivity index (χ0) is 30.5. The zero-order valence-electron chi connectivity index (χ0n) is 24.3. The Kier molecular flexibility index (Phi) is 12.3. The Hall–Kier alpha value is -3.56. The Morgan fingerprint density at radius 3 is 1.84 bits per heavy atom. The molecule has 1 aliphatic heterocycles. The summed E-state index contributed by atoms with van der Waals surface area (Å²) in [5.41, 5.74) is 2.22. The van der Waals surface area contributed by atoms with E-state index in [9.17, 15) is 13.2 Å². The van der Waals surface area contributed by atoms with Crippen LogP contribution in [0.2, 0.25) is 0 Å². The average molecular weight is 594 g/mol. The van der Waals surface area contributed by atoms with Gasteiger partial charge in [-0.05, 0) is 36.1 Å². The second-order valence-electron chi connectivity index (χ2n) is 10.3. The van der Waals surface area contributed by atoms with Crippen molar-refractivity contribution < 1.29 is 32.1 Å². The lowest BCUT2D eigenvalue weighted by Gasteiger charge is -2.42. The smallest absolute Gasteiger partial charge is 0.374 e. The maximum Gasteiger partial charge on any atom is 0.433 e. The molecular weight excluding hydrogens is 555 g/mol. The maximum absolute atomic E-state index is 13.5. The third kappa shape index (κ3) is 10.0. The van der Waals surface area contributed by atoms with E-state index in [0.29, 0.717) is 19.8 Å². The first-order chi connectivity index (χ1) is 20.9. The van der Waals surface area contributed by atoms with E-state index in [1.165, 1.54) is 13.0 Å². The molecule has 8 heteroatoms. The molecule has 1 aliphatic rings. The SMILES string of the molecule is C=CC(CC1COC(COCc2ccccc2)C(OCc2ccccc2)C1OCc1ccccc1)=N/C(=C\C)C(F)(F)F. The fraction of sp³-hybridized carbons (Fsp3) is 0.343. The van der Waals surface area contributed by atoms with Gasteiger partial charge in [-0.1, -0.05) is 104 Å². The maximum atomic E-state index is 13.5. The van der Waals surface area contributed by atoms with E-state index in [2.05, 4.69) is 11.6 Å². The lowest BCUT2D eigenvalue weighted by molar-refractivity contribution is -0.218. The van der Waals surface area contributed by atoms with Crippen molar-refractivity contribution in [1.29, 1.82) is 0 Å². The zero-order valence-corrected chi connectivity index (χ0v) is 24.3. The van der Waals surface area contributed by atoms with Gasteiger partial charge < -0.3 is 18.9 Å². The quantitative estimate of drug-likeness (QED) is 0.179. The summed E-state index contributed by atoms with van der Waals surface area (Å²) < 4.78 is 65.9. The molecule has 0 aromatic heterocycles. The molecule has 0 saturated carbocycles. The molecule has 3 aromatic rings. The number of nitrogens with zero attached hydrogens (tertiary/aromatic N) is 1. The first kappa shape index (κ1) is 32.4. The highest BCUT2D eigenvalue weighted by Gasteiger charge is 2.43. The third-order valence-electron chi connectivity index (χ3n) is 7.18. The molecule has 3 aromatic carbocycles. The van der Waals surface area contributed by atoms with Crippen molar-refractivity contribution in [2.45, 2.75) is 57.7 Å². The van der Waals surface area contributed by atoms with E-state index in [1.807, 2.05) is 91.0 Å². The van der Waals surface area contributed by atoms with E-state index in [1.54, 1.807) is 0 Å². The van der Waals surface area contributed by atoms with Gasteiger partial charge in [0.25, 0.3) is 0 Å². The molecule has 0 bridgehead atoms. The van der Waals surface area contributed by atoms with Gasteiger partial charge in [0.15, 0.2) is 0 Å². The van der Waals surface area contributed by atoms with Crippen LogP contribution < -0.4 is 0 Å². The highest BCUT2D eigenvalue weighted by molar-refractivity contribution is 5.95. The molecule has 5 nitrogen and oxygen atoms in total. The van der Waals surface area contributed by atoms with E-state index >= 15 is 0 Å². The third-order valence-corrected chi connectivity index (χ3v) is 7.18. The highest BCUT2D eigenvalue weighted by Crippen LogP contribution is 2.32. The van der Waals surface area contributed by atoms with Crippen molar-refractivity contribution >= 4 is 5.71 Å². The number of alkyl halides is 3. The van der Waals surface area contributed by atoms with Gasteiger partial charge >= 0.3 is 6.18 Å². The minimum atomic E-state index is -4.57. The standard InChI is InChI=1S/C35H38F3NO4/c1-3-30(39-32(4-2)35(36,37)38)20-29-24-41-31(25-40-21-26-14-8-5-9-15-26)34(43-23-28-18-12-7-13-19-28)33(29)42-22-27-16-10-6-11-17-27/h3-19,29,31,33-34H,1,20-25H2,2H3/b32-4-,39-30?. The number of hydrogen-bond donors (Lipinski definition) is 0. The van der Waals surface area contributed by atoms with Gasteiger partial charge in [0.2, 0.25) is 0 Å². The molecule has 0 N–H and O–H groups in total. The summed E-state index contributed by atoms with van der Waals surface area (Å²) in [5.74, 6) is -0.349. The van der Waals surface area contributed by atoms with Crippen LogP contribution in [0.1, 0.15) is 30.0 Å². The summed E-state index contributed by atoms with van der Waals surface area (Å²) >= 11 is 0. The number of halogens is 3. The number of allylic oxidation sites excluding steroid dienone is 3. The summed E-state index contributed by atoms with van der Waals surface area (Å²) in [4.78, 5) is 3.91. The van der Waals surface area contributed by atoms with E-state index in [4.69, 9.17) is 18.9 Å². The molecule has 4 rings (SSSR count). The summed E-state index contributed by atoms with van der Waals surface area (Å²) in [6.07, 6.45) is -3.64. The molecule has 0 amide bonds. The molecule has 228 valence electrons. The van der Waals surface area contributed by atoms with Crippen LogP contribution in [0.15, 0.2) is 120 Å². The number of ether oxygens (including phenoxy) is 4. The van der Waals surface area contributed by atoms with Crippen molar-refractivity contribution in [2.75, 3.05) is 13.2 Å². The van der Waals surface area contributed by atoms with Crippen molar-refractivity contribution in [3.8, 4) is 0 Å². The van der Waals surface area contributed by atoms with Crippen molar-refractivity contribution in [3.63, 3.8) is 0 Å². The van der Waals surface area contributed by atoms with Gasteiger partial charge in [0.05, 0.1) is 39.1 Å². The minimum Gasteiger partial charge on any atom is -0.374 e. The average Bonchev–Trinajstić information content (AvgIpc) is 3.02. The Morgan fingerprint density at radius 2 is 1.35 bits per heavy atom. The van der Waals surface area contributed by atoms with Crippen LogP contribution in [0.25, 0.3) is 0 Å². The second kappa shape index (κ2) is 16.3. The van der Waals surface area contributed by atoms with Gasteiger partial charge in [-0.15, -0.1) is 0 Å². The molecule has 1 heterocycles. The number of rotatable bonds is 14. The first-order valence-electron chi connectivity index (χ1n) is 14.3. The van der Waals surface area contributed by atoms with Gasteiger partial charge in [-0.25, -0.2) is 4.99 Å². The summed E-state index contributed by atoms with van der Waals surface area (Å²) in [7, 11) is 0. The van der Waals surface area contributed by atoms with Gasteiger partial charge in [0.1, 0.15) is 17.9 Å². The lowest BCUT2D eigenvalue weighted by atomic mass is 9.87. The van der Waals surface area contributed by atoms with Crippen LogP contribution in [0.5, 0.6) is 0 Å². The number of hydrogen-bond acceptors (Lipinski definition) is 5. The lowest BCUT2D eigenvalue weighted by Crippen LogP contribution is -2.54. The van der Waals surface area contributed by atoms with Gasteiger partial charge in [0, 0.05) is 11.6 Å². The topological polar surface area (TPSA) is 49.3 Å². The van der Waals surface area contributed by atoms with Crippen LogP contribution in [-0.4, -0.2) is 43.4 Å². The van der Waals surface area contributed by atoms with Gasteiger partial charge in [-0.3, -0.25) is 0 Å². The highest BCUT2D eigenvalue weighted by atomic mass is 19.4. The van der Waals surface area contributed by atoms with Crippen LogP contribution in [0.4, 0.5) is 13.2 Å². The summed E-state index contributed by atoms with van der Waals surface area (Å²) in [5, 5.41) is 0. The monoisotopic (exact) mass is 593 g/mol. The molecule has 1 fully saturated rings. The van der Waals surface area contributed by atoms with Crippen LogP contribution in [-0.2, 0) is 38.8 Å². The minimum absolute atomic E-state index is 0.166. The van der Waals surface area contributed by atoms with Crippen molar-refractivity contribution in [3.05, 3.63) is 132 Å². The van der Waals surface area contributed by atoms with Crippen molar-refractivity contribution in [1.82, 2.24) is 0 Å². The predicted molar refractivity (Wildman–Crippen MR) is 161 cm³/mol. The molecule has 0 spiro atoms. The molecule has 0 aliphatic carbocycles. The molecule has 4 unspecified atom stereocenters. The Bertz CT molecular complexity index is 1310. The Labute approximate surface area is 251 Å². The Morgan fingerprint density at radius 1 is 0.837 bits per heavy atom. The molecule has 0 radical (unpaired) electrons. The predicted octanol–water partition coefficient (Wildman–Crippen LogP) is 7.87. The van der Waals surface area contributed by atoms with E-state index < -0.39 is 30.2 Å². The van der Waals surface area contributed by atoms with Gasteiger partial charge in [-0.2, -0.15) is 13.2 Å². The largest absolute Gasteiger partial charge is 0.433 e.